The van der Waals surface area contributed by atoms with Crippen molar-refractivity contribution >= 4 is 5.91 Å². The van der Waals surface area contributed by atoms with Crippen molar-refractivity contribution < 1.29 is 9.18 Å². The van der Waals surface area contributed by atoms with Crippen molar-refractivity contribution in [1.29, 1.82) is 0 Å². The zero-order valence-corrected chi connectivity index (χ0v) is 16.8. The van der Waals surface area contributed by atoms with Crippen molar-refractivity contribution in [3.05, 3.63) is 81.0 Å². The summed E-state index contributed by atoms with van der Waals surface area (Å²) in [6, 6.07) is 8.46. The number of benzene rings is 1. The number of aromatic nitrogens is 4. The quantitative estimate of drug-likeness (QED) is 0.616. The molecule has 0 aliphatic heterocycles. The van der Waals surface area contributed by atoms with Crippen LogP contribution in [-0.2, 0) is 11.8 Å². The van der Waals surface area contributed by atoms with Gasteiger partial charge in [-0.3, -0.25) is 14.7 Å². The normalized spacial score (nSPS) is 12.6. The number of aryl methyl sites for hydroxylation is 1. The summed E-state index contributed by atoms with van der Waals surface area (Å²) in [6.45, 7) is 7.74. The van der Waals surface area contributed by atoms with E-state index in [-0.39, 0.29) is 34.8 Å². The summed E-state index contributed by atoms with van der Waals surface area (Å²) < 4.78 is 13.4. The average Bonchev–Trinajstić information content (AvgIpc) is 3.11. The number of aromatic amines is 2. The van der Waals surface area contributed by atoms with Gasteiger partial charge in [-0.25, -0.2) is 9.37 Å². The molecule has 152 valence electrons. The summed E-state index contributed by atoms with van der Waals surface area (Å²) in [4.78, 5) is 31.5. The zero-order chi connectivity index (χ0) is 21.2. The predicted molar refractivity (Wildman–Crippen MR) is 107 cm³/mol. The van der Waals surface area contributed by atoms with Crippen LogP contribution in [0.15, 0.2) is 41.2 Å². The third kappa shape index (κ3) is 5.16. The van der Waals surface area contributed by atoms with Gasteiger partial charge in [0.1, 0.15) is 17.3 Å². The van der Waals surface area contributed by atoms with Crippen molar-refractivity contribution in [2.45, 2.75) is 45.6 Å². The molecule has 1 amide bonds. The highest BCUT2D eigenvalue weighted by Gasteiger charge is 2.22. The minimum absolute atomic E-state index is 0.172. The van der Waals surface area contributed by atoms with Gasteiger partial charge in [-0.15, -0.1) is 0 Å². The van der Waals surface area contributed by atoms with Crippen LogP contribution < -0.4 is 10.9 Å². The molecule has 1 unspecified atom stereocenters. The number of hydrogen-bond donors (Lipinski definition) is 3. The third-order valence-electron chi connectivity index (χ3n) is 4.52. The maximum Gasteiger partial charge on any atom is 0.272 e. The van der Waals surface area contributed by atoms with Crippen LogP contribution in [0.5, 0.6) is 0 Å². The highest BCUT2D eigenvalue weighted by Crippen LogP contribution is 2.22. The molecule has 0 spiro atoms. The lowest BCUT2D eigenvalue weighted by molar-refractivity contribution is 0.0931. The second-order valence-corrected chi connectivity index (χ2v) is 8.02. The molecule has 3 N–H and O–H groups in total. The minimum Gasteiger partial charge on any atom is -0.343 e. The predicted octanol–water partition coefficient (Wildman–Crippen LogP) is 2.95. The van der Waals surface area contributed by atoms with Gasteiger partial charge in [0, 0.05) is 23.6 Å². The van der Waals surface area contributed by atoms with Crippen LogP contribution in [-0.4, -0.2) is 26.1 Å². The monoisotopic (exact) mass is 397 g/mol. The van der Waals surface area contributed by atoms with E-state index in [1.807, 2.05) is 20.8 Å². The summed E-state index contributed by atoms with van der Waals surface area (Å²) in [5.74, 6) is -0.252. The largest absolute Gasteiger partial charge is 0.343 e. The Hall–Kier alpha value is -3.29. The van der Waals surface area contributed by atoms with Gasteiger partial charge in [0.25, 0.3) is 11.5 Å². The first-order valence-corrected chi connectivity index (χ1v) is 9.31. The maximum absolute atomic E-state index is 13.4. The second kappa shape index (κ2) is 7.98. The van der Waals surface area contributed by atoms with E-state index in [0.29, 0.717) is 17.1 Å². The van der Waals surface area contributed by atoms with E-state index in [1.165, 1.54) is 18.2 Å². The highest BCUT2D eigenvalue weighted by atomic mass is 19.1. The average molecular weight is 397 g/mol. The van der Waals surface area contributed by atoms with E-state index < -0.39 is 6.04 Å². The standard InChI is InChI=1S/C21H24FN5O2/c1-12-23-15(10-19(28)24-12)9-16(13-5-7-14(22)8-6-13)25-20(29)17-11-18(27-26-17)21(2,3)4/h5-8,10-11,16H,9H2,1-4H3,(H,25,29)(H,26,27)(H,23,24,28). The van der Waals surface area contributed by atoms with Gasteiger partial charge in [-0.2, -0.15) is 5.10 Å². The maximum atomic E-state index is 13.4. The molecule has 8 heteroatoms. The van der Waals surface area contributed by atoms with Crippen LogP contribution in [0, 0.1) is 12.7 Å². The molecule has 2 heterocycles. The molecule has 0 fully saturated rings. The van der Waals surface area contributed by atoms with Crippen molar-refractivity contribution in [3.63, 3.8) is 0 Å². The van der Waals surface area contributed by atoms with E-state index >= 15 is 0 Å². The smallest absolute Gasteiger partial charge is 0.272 e. The molecule has 0 aliphatic carbocycles. The molecule has 0 saturated carbocycles. The van der Waals surface area contributed by atoms with E-state index in [0.717, 1.165) is 5.69 Å². The molecule has 29 heavy (non-hydrogen) atoms. The number of nitrogens with zero attached hydrogens (tertiary/aromatic N) is 2. The Morgan fingerprint density at radius 3 is 2.48 bits per heavy atom. The Labute approximate surface area is 167 Å². The number of hydrogen-bond acceptors (Lipinski definition) is 4. The van der Waals surface area contributed by atoms with Crippen molar-refractivity contribution in [3.8, 4) is 0 Å². The van der Waals surface area contributed by atoms with Crippen LogP contribution >= 0.6 is 0 Å². The molecule has 1 atom stereocenters. The molecule has 3 aromatic rings. The summed E-state index contributed by atoms with van der Waals surface area (Å²) in [7, 11) is 0. The Bertz CT molecular complexity index is 1060. The Balaban J connectivity index is 1.88. The minimum atomic E-state index is -0.508. The Kier molecular flexibility index (Phi) is 5.63. The summed E-state index contributed by atoms with van der Waals surface area (Å²) in [5, 5.41) is 9.93. The van der Waals surface area contributed by atoms with Gasteiger partial charge < -0.3 is 10.3 Å². The summed E-state index contributed by atoms with van der Waals surface area (Å²) in [6.07, 6.45) is 0.276. The van der Waals surface area contributed by atoms with Gasteiger partial charge in [-0.05, 0) is 30.7 Å². The fraction of sp³-hybridized carbons (Fsp3) is 0.333. The SMILES string of the molecule is Cc1nc(CC(NC(=O)c2cc(C(C)(C)C)[nH]n2)c2ccc(F)cc2)cc(=O)[nH]1. The first-order valence-electron chi connectivity index (χ1n) is 9.31. The number of halogens is 1. The fourth-order valence-corrected chi connectivity index (χ4v) is 2.96. The van der Waals surface area contributed by atoms with Crippen LogP contribution in [0.3, 0.4) is 0 Å². The number of rotatable bonds is 5. The number of amides is 1. The fourth-order valence-electron chi connectivity index (χ4n) is 2.96. The van der Waals surface area contributed by atoms with Crippen molar-refractivity contribution in [2.24, 2.45) is 0 Å². The molecule has 3 rings (SSSR count). The van der Waals surface area contributed by atoms with Crippen molar-refractivity contribution in [2.75, 3.05) is 0 Å². The lowest BCUT2D eigenvalue weighted by Crippen LogP contribution is -2.31. The zero-order valence-electron chi connectivity index (χ0n) is 16.8. The molecular weight excluding hydrogens is 373 g/mol. The van der Waals surface area contributed by atoms with Crippen LogP contribution in [0.25, 0.3) is 0 Å². The third-order valence-corrected chi connectivity index (χ3v) is 4.52. The molecule has 0 bridgehead atoms. The molecule has 7 nitrogen and oxygen atoms in total. The van der Waals surface area contributed by atoms with Crippen molar-refractivity contribution in [1.82, 2.24) is 25.5 Å². The summed E-state index contributed by atoms with van der Waals surface area (Å²) >= 11 is 0. The first-order chi connectivity index (χ1) is 13.6. The van der Waals surface area contributed by atoms with Crippen LogP contribution in [0.2, 0.25) is 0 Å². The second-order valence-electron chi connectivity index (χ2n) is 8.02. The molecular formula is C21H24FN5O2. The highest BCUT2D eigenvalue weighted by molar-refractivity contribution is 5.92. The number of carbonyl (C=O) groups is 1. The van der Waals surface area contributed by atoms with Gasteiger partial charge in [0.15, 0.2) is 0 Å². The number of H-pyrrole nitrogens is 2. The van der Waals surface area contributed by atoms with E-state index in [9.17, 15) is 14.0 Å². The van der Waals surface area contributed by atoms with Gasteiger partial charge in [0.2, 0.25) is 0 Å². The molecule has 0 aliphatic rings. The van der Waals surface area contributed by atoms with Gasteiger partial charge in [-0.1, -0.05) is 32.9 Å². The number of nitrogens with one attached hydrogen (secondary N) is 3. The van der Waals surface area contributed by atoms with E-state index in [1.54, 1.807) is 25.1 Å². The lowest BCUT2D eigenvalue weighted by atomic mass is 9.92. The van der Waals surface area contributed by atoms with E-state index in [4.69, 9.17) is 0 Å². The first kappa shape index (κ1) is 20.4. The van der Waals surface area contributed by atoms with Gasteiger partial charge >= 0.3 is 0 Å². The molecule has 0 radical (unpaired) electrons. The molecule has 0 saturated heterocycles. The van der Waals surface area contributed by atoms with Crippen LogP contribution in [0.1, 0.15) is 60.1 Å². The molecule has 1 aromatic carbocycles. The lowest BCUT2D eigenvalue weighted by Gasteiger charge is -2.19. The van der Waals surface area contributed by atoms with Crippen LogP contribution in [0.4, 0.5) is 4.39 Å². The molecule has 2 aromatic heterocycles. The van der Waals surface area contributed by atoms with Gasteiger partial charge in [0.05, 0.1) is 11.7 Å². The Morgan fingerprint density at radius 2 is 1.90 bits per heavy atom. The Morgan fingerprint density at radius 1 is 1.21 bits per heavy atom. The van der Waals surface area contributed by atoms with E-state index in [2.05, 4.69) is 25.5 Å². The summed E-state index contributed by atoms with van der Waals surface area (Å²) in [5.41, 5.74) is 1.89. The topological polar surface area (TPSA) is 104 Å². The number of carbonyl (C=O) groups excluding carboxylic acids is 1.